The summed E-state index contributed by atoms with van der Waals surface area (Å²) in [7, 11) is 0. The van der Waals surface area contributed by atoms with Crippen molar-refractivity contribution in [3.8, 4) is 6.07 Å². The van der Waals surface area contributed by atoms with Crippen molar-refractivity contribution < 1.29 is 0 Å². The third kappa shape index (κ3) is 6.49. The topological polar surface area (TPSA) is 101 Å². The molecule has 0 heterocycles. The number of rotatable bonds is 8. The van der Waals surface area contributed by atoms with E-state index < -0.39 is 5.54 Å². The van der Waals surface area contributed by atoms with Gasteiger partial charge in [0.05, 0.1) is 12.1 Å². The molecule has 92 valence electrons. The van der Waals surface area contributed by atoms with E-state index in [4.69, 9.17) is 16.7 Å². The van der Waals surface area contributed by atoms with Crippen LogP contribution in [0, 0.1) is 11.3 Å². The van der Waals surface area contributed by atoms with E-state index in [-0.39, 0.29) is 6.04 Å². The van der Waals surface area contributed by atoms with Crippen LogP contribution < -0.4 is 11.5 Å². The third-order valence-corrected chi connectivity index (χ3v) is 2.41. The molecule has 2 atom stereocenters. The Bertz CT molecular complexity index is 245. The van der Waals surface area contributed by atoms with Crippen molar-refractivity contribution in [1.29, 1.82) is 5.26 Å². The van der Waals surface area contributed by atoms with E-state index in [1.54, 1.807) is 6.92 Å². The van der Waals surface area contributed by atoms with Gasteiger partial charge < -0.3 is 11.5 Å². The number of azo groups is 1. The SMILES string of the molecule is CC(CCCN)/N=N/C(C)(C#N)CCCN. The molecule has 4 N–H and O–H groups in total. The molecular formula is C11H23N5. The standard InChI is InChI=1S/C11H23N5/c1-10(5-3-7-12)15-16-11(2,9-14)6-4-8-13/h10H,3-8,12-13H2,1-2H3/b16-15+. The molecule has 0 aromatic rings. The highest BCUT2D eigenvalue weighted by Crippen LogP contribution is 2.17. The summed E-state index contributed by atoms with van der Waals surface area (Å²) >= 11 is 0. The van der Waals surface area contributed by atoms with Gasteiger partial charge in [-0.3, -0.25) is 0 Å². The van der Waals surface area contributed by atoms with Gasteiger partial charge in [0.15, 0.2) is 5.54 Å². The molecule has 0 fully saturated rings. The third-order valence-electron chi connectivity index (χ3n) is 2.41. The van der Waals surface area contributed by atoms with Crippen LogP contribution >= 0.6 is 0 Å². The van der Waals surface area contributed by atoms with E-state index in [1.165, 1.54) is 0 Å². The fourth-order valence-corrected chi connectivity index (χ4v) is 1.27. The van der Waals surface area contributed by atoms with Gasteiger partial charge in [0.2, 0.25) is 0 Å². The molecule has 0 bridgehead atoms. The van der Waals surface area contributed by atoms with Gasteiger partial charge in [-0.25, -0.2) is 0 Å². The van der Waals surface area contributed by atoms with E-state index in [0.29, 0.717) is 19.5 Å². The minimum absolute atomic E-state index is 0.133. The molecule has 0 saturated carbocycles. The van der Waals surface area contributed by atoms with Gasteiger partial charge in [0.1, 0.15) is 0 Å². The lowest BCUT2D eigenvalue weighted by molar-refractivity contribution is 0.476. The van der Waals surface area contributed by atoms with Gasteiger partial charge in [-0.05, 0) is 52.6 Å². The second-order valence-electron chi connectivity index (χ2n) is 4.27. The Kier molecular flexibility index (Phi) is 7.69. The fraction of sp³-hybridized carbons (Fsp3) is 0.909. The summed E-state index contributed by atoms with van der Waals surface area (Å²) in [4.78, 5) is 0. The summed E-state index contributed by atoms with van der Waals surface area (Å²) in [6.07, 6.45) is 3.30. The summed E-state index contributed by atoms with van der Waals surface area (Å²) in [6.45, 7) is 5.03. The molecule has 0 spiro atoms. The molecule has 0 aromatic heterocycles. The van der Waals surface area contributed by atoms with Crippen LogP contribution in [0.4, 0.5) is 0 Å². The zero-order valence-electron chi connectivity index (χ0n) is 10.3. The maximum Gasteiger partial charge on any atom is 0.164 e. The van der Waals surface area contributed by atoms with Crippen molar-refractivity contribution in [3.05, 3.63) is 0 Å². The van der Waals surface area contributed by atoms with Crippen molar-refractivity contribution in [1.82, 2.24) is 0 Å². The lowest BCUT2D eigenvalue weighted by Crippen LogP contribution is -2.20. The number of nitrogens with two attached hydrogens (primary N) is 2. The molecule has 5 nitrogen and oxygen atoms in total. The maximum atomic E-state index is 9.04. The van der Waals surface area contributed by atoms with E-state index in [2.05, 4.69) is 16.3 Å². The molecule has 0 radical (unpaired) electrons. The summed E-state index contributed by atoms with van der Waals surface area (Å²) < 4.78 is 0. The summed E-state index contributed by atoms with van der Waals surface area (Å²) in [5.74, 6) is 0. The van der Waals surface area contributed by atoms with Gasteiger partial charge in [0, 0.05) is 0 Å². The quantitative estimate of drug-likeness (QED) is 0.613. The molecule has 0 aliphatic rings. The Balaban J connectivity index is 4.19. The fourth-order valence-electron chi connectivity index (χ4n) is 1.27. The first kappa shape index (κ1) is 15.0. The lowest BCUT2D eigenvalue weighted by atomic mass is 9.99. The number of hydrogen-bond donors (Lipinski definition) is 2. The second kappa shape index (κ2) is 8.20. The molecule has 0 rings (SSSR count). The number of hydrogen-bond acceptors (Lipinski definition) is 5. The molecule has 16 heavy (non-hydrogen) atoms. The van der Waals surface area contributed by atoms with Crippen LogP contribution in [0.1, 0.15) is 39.5 Å². The van der Waals surface area contributed by atoms with Gasteiger partial charge >= 0.3 is 0 Å². The van der Waals surface area contributed by atoms with Crippen LogP contribution in [0.5, 0.6) is 0 Å². The lowest BCUT2D eigenvalue weighted by Gasteiger charge is -2.15. The van der Waals surface area contributed by atoms with Gasteiger partial charge in [-0.15, -0.1) is 0 Å². The zero-order chi connectivity index (χ0) is 12.4. The summed E-state index contributed by atoms with van der Waals surface area (Å²) in [5.41, 5.74) is 10.1. The monoisotopic (exact) mass is 225 g/mol. The Hall–Kier alpha value is -0.990. The van der Waals surface area contributed by atoms with Crippen molar-refractivity contribution in [3.63, 3.8) is 0 Å². The normalized spacial score (nSPS) is 16.9. The van der Waals surface area contributed by atoms with Gasteiger partial charge in [0.25, 0.3) is 0 Å². The molecule has 0 saturated heterocycles. The minimum atomic E-state index is -0.726. The van der Waals surface area contributed by atoms with E-state index >= 15 is 0 Å². The van der Waals surface area contributed by atoms with Crippen LogP contribution in [0.3, 0.4) is 0 Å². The maximum absolute atomic E-state index is 9.04. The van der Waals surface area contributed by atoms with E-state index in [9.17, 15) is 0 Å². The van der Waals surface area contributed by atoms with Crippen LogP contribution in [-0.2, 0) is 0 Å². The first-order valence-electron chi connectivity index (χ1n) is 5.81. The van der Waals surface area contributed by atoms with Gasteiger partial charge in [-0.2, -0.15) is 15.5 Å². The molecule has 5 heteroatoms. The average molecular weight is 225 g/mol. The molecular weight excluding hydrogens is 202 g/mol. The molecule has 0 aliphatic heterocycles. The Morgan fingerprint density at radius 2 is 1.94 bits per heavy atom. The summed E-state index contributed by atoms with van der Waals surface area (Å²) in [6, 6.07) is 2.32. The number of nitriles is 1. The molecule has 2 unspecified atom stereocenters. The Morgan fingerprint density at radius 1 is 1.31 bits per heavy atom. The summed E-state index contributed by atoms with van der Waals surface area (Å²) in [5, 5.41) is 17.3. The van der Waals surface area contributed by atoms with Crippen molar-refractivity contribution in [2.45, 2.75) is 51.1 Å². The van der Waals surface area contributed by atoms with Crippen LogP contribution in [0.2, 0.25) is 0 Å². The average Bonchev–Trinajstić information content (AvgIpc) is 2.31. The molecule has 0 aromatic carbocycles. The number of nitrogens with zero attached hydrogens (tertiary/aromatic N) is 3. The second-order valence-corrected chi connectivity index (χ2v) is 4.27. The van der Waals surface area contributed by atoms with Crippen LogP contribution in [-0.4, -0.2) is 24.7 Å². The first-order valence-corrected chi connectivity index (χ1v) is 5.81. The van der Waals surface area contributed by atoms with Crippen molar-refractivity contribution in [2.75, 3.05) is 13.1 Å². The van der Waals surface area contributed by atoms with E-state index in [0.717, 1.165) is 19.3 Å². The molecule has 0 aliphatic carbocycles. The van der Waals surface area contributed by atoms with Crippen molar-refractivity contribution >= 4 is 0 Å². The zero-order valence-corrected chi connectivity index (χ0v) is 10.3. The smallest absolute Gasteiger partial charge is 0.164 e. The van der Waals surface area contributed by atoms with Crippen LogP contribution in [0.15, 0.2) is 10.2 Å². The van der Waals surface area contributed by atoms with E-state index in [1.807, 2.05) is 6.92 Å². The highest BCUT2D eigenvalue weighted by atomic mass is 15.2. The minimum Gasteiger partial charge on any atom is -0.330 e. The Labute approximate surface area is 97.9 Å². The first-order chi connectivity index (χ1) is 7.58. The predicted molar refractivity (Wildman–Crippen MR) is 64.9 cm³/mol. The predicted octanol–water partition coefficient (Wildman–Crippen LogP) is 1.59. The van der Waals surface area contributed by atoms with Crippen molar-refractivity contribution in [2.24, 2.45) is 21.7 Å². The highest BCUT2D eigenvalue weighted by molar-refractivity contribution is 5.03. The molecule has 0 amide bonds. The van der Waals surface area contributed by atoms with Gasteiger partial charge in [-0.1, -0.05) is 0 Å². The largest absolute Gasteiger partial charge is 0.330 e. The highest BCUT2D eigenvalue weighted by Gasteiger charge is 2.22. The van der Waals surface area contributed by atoms with Crippen LogP contribution in [0.25, 0.3) is 0 Å². The Morgan fingerprint density at radius 3 is 2.44 bits per heavy atom.